The summed E-state index contributed by atoms with van der Waals surface area (Å²) in [5, 5.41) is 11.1. The van der Waals surface area contributed by atoms with Gasteiger partial charge in [-0.15, -0.1) is 0 Å². The van der Waals surface area contributed by atoms with Crippen LogP contribution in [-0.2, 0) is 6.42 Å². The molecule has 0 bridgehead atoms. The summed E-state index contributed by atoms with van der Waals surface area (Å²) in [7, 11) is 0. The maximum Gasteiger partial charge on any atom is 0.0832 e. The zero-order valence-corrected chi connectivity index (χ0v) is 11.0. The summed E-state index contributed by atoms with van der Waals surface area (Å²) in [4.78, 5) is 3.98. The van der Waals surface area contributed by atoms with Gasteiger partial charge in [0.1, 0.15) is 0 Å². The van der Waals surface area contributed by atoms with Crippen molar-refractivity contribution < 1.29 is 5.11 Å². The number of nitrogens with zero attached hydrogens (tertiary/aromatic N) is 1. The molecule has 1 aromatic heterocycles. The molecule has 0 saturated heterocycles. The molecule has 1 aromatic carbocycles. The fourth-order valence-electron chi connectivity index (χ4n) is 1.70. The van der Waals surface area contributed by atoms with Gasteiger partial charge >= 0.3 is 0 Å². The van der Waals surface area contributed by atoms with E-state index in [0.717, 1.165) is 5.56 Å². The minimum absolute atomic E-state index is 0.371. The number of benzene rings is 1. The Balaban J connectivity index is 2.22. The highest BCUT2D eigenvalue weighted by atomic mass is 35.5. The maximum atomic E-state index is 10.1. The largest absolute Gasteiger partial charge is 0.398 e. The van der Waals surface area contributed by atoms with Crippen LogP contribution in [0.15, 0.2) is 36.7 Å². The molecule has 0 fully saturated rings. The quantitative estimate of drug-likeness (QED) is 0.909. The molecule has 1 heterocycles. The number of pyridine rings is 1. The third-order valence-electron chi connectivity index (χ3n) is 2.62. The normalized spacial score (nSPS) is 12.4. The molecule has 2 aromatic rings. The topological polar surface area (TPSA) is 59.1 Å². The lowest BCUT2D eigenvalue weighted by molar-refractivity contribution is 0.178. The van der Waals surface area contributed by atoms with Crippen molar-refractivity contribution in [3.63, 3.8) is 0 Å². The number of aromatic nitrogens is 1. The van der Waals surface area contributed by atoms with Crippen LogP contribution >= 0.6 is 23.2 Å². The average Bonchev–Trinajstić information content (AvgIpc) is 2.31. The van der Waals surface area contributed by atoms with Crippen LogP contribution in [0.4, 0.5) is 5.69 Å². The van der Waals surface area contributed by atoms with Gasteiger partial charge in [-0.05, 0) is 35.4 Å². The SMILES string of the molecule is Nc1ccncc1CC(O)c1cc(Cl)cc(Cl)c1. The number of nitrogen functional groups attached to an aromatic ring is 1. The lowest BCUT2D eigenvalue weighted by Crippen LogP contribution is -2.04. The molecule has 0 aliphatic carbocycles. The van der Waals surface area contributed by atoms with Gasteiger partial charge in [0.05, 0.1) is 6.10 Å². The van der Waals surface area contributed by atoms with E-state index in [1.165, 1.54) is 0 Å². The van der Waals surface area contributed by atoms with Crippen LogP contribution in [0.5, 0.6) is 0 Å². The molecule has 94 valence electrons. The molecule has 1 atom stereocenters. The van der Waals surface area contributed by atoms with E-state index in [4.69, 9.17) is 28.9 Å². The van der Waals surface area contributed by atoms with E-state index in [0.29, 0.717) is 27.7 Å². The zero-order valence-electron chi connectivity index (χ0n) is 9.48. The van der Waals surface area contributed by atoms with Crippen molar-refractivity contribution in [3.8, 4) is 0 Å². The summed E-state index contributed by atoms with van der Waals surface area (Å²) < 4.78 is 0. The Morgan fingerprint density at radius 1 is 1.22 bits per heavy atom. The number of aliphatic hydroxyl groups excluding tert-OH is 1. The van der Waals surface area contributed by atoms with Crippen molar-refractivity contribution in [1.82, 2.24) is 4.98 Å². The van der Waals surface area contributed by atoms with Crippen molar-refractivity contribution in [2.24, 2.45) is 0 Å². The van der Waals surface area contributed by atoms with Gasteiger partial charge in [0.25, 0.3) is 0 Å². The van der Waals surface area contributed by atoms with Crippen molar-refractivity contribution in [2.75, 3.05) is 5.73 Å². The summed E-state index contributed by atoms with van der Waals surface area (Å²) in [6, 6.07) is 6.69. The fraction of sp³-hybridized carbons (Fsp3) is 0.154. The van der Waals surface area contributed by atoms with Gasteiger partial charge in [0, 0.05) is 34.5 Å². The first kappa shape index (κ1) is 13.1. The lowest BCUT2D eigenvalue weighted by atomic mass is 10.0. The number of aliphatic hydroxyl groups is 1. The summed E-state index contributed by atoms with van der Waals surface area (Å²) >= 11 is 11.8. The number of rotatable bonds is 3. The molecular formula is C13H12Cl2N2O. The minimum Gasteiger partial charge on any atom is -0.398 e. The Labute approximate surface area is 115 Å². The van der Waals surface area contributed by atoms with Crippen LogP contribution in [0.2, 0.25) is 10.0 Å². The number of nitrogens with two attached hydrogens (primary N) is 1. The number of halogens is 2. The molecule has 2 rings (SSSR count). The second-order valence-electron chi connectivity index (χ2n) is 4.00. The molecule has 5 heteroatoms. The van der Waals surface area contributed by atoms with Gasteiger partial charge in [0.15, 0.2) is 0 Å². The predicted molar refractivity (Wildman–Crippen MR) is 73.8 cm³/mol. The molecule has 18 heavy (non-hydrogen) atoms. The van der Waals surface area contributed by atoms with E-state index in [2.05, 4.69) is 4.98 Å². The third-order valence-corrected chi connectivity index (χ3v) is 3.06. The lowest BCUT2D eigenvalue weighted by Gasteiger charge is -2.13. The van der Waals surface area contributed by atoms with Crippen LogP contribution in [0.25, 0.3) is 0 Å². The maximum absolute atomic E-state index is 10.1. The molecule has 0 aliphatic heterocycles. The Hall–Kier alpha value is -1.29. The van der Waals surface area contributed by atoms with E-state index in [1.54, 1.807) is 36.7 Å². The number of hydrogen-bond donors (Lipinski definition) is 2. The molecule has 0 amide bonds. The fourth-order valence-corrected chi connectivity index (χ4v) is 2.25. The molecule has 3 nitrogen and oxygen atoms in total. The van der Waals surface area contributed by atoms with Crippen LogP contribution in [0.3, 0.4) is 0 Å². The standard InChI is InChI=1S/C13H12Cl2N2O/c14-10-3-8(4-11(15)6-10)13(18)5-9-7-17-2-1-12(9)16/h1-4,6-7,13,18H,5H2,(H2,16,17). The average molecular weight is 283 g/mol. The van der Waals surface area contributed by atoms with Crippen molar-refractivity contribution in [3.05, 3.63) is 57.8 Å². The molecule has 3 N–H and O–H groups in total. The Morgan fingerprint density at radius 2 is 1.89 bits per heavy atom. The first-order valence-electron chi connectivity index (χ1n) is 5.38. The highest BCUT2D eigenvalue weighted by Gasteiger charge is 2.12. The van der Waals surface area contributed by atoms with E-state index in [-0.39, 0.29) is 0 Å². The second-order valence-corrected chi connectivity index (χ2v) is 4.87. The van der Waals surface area contributed by atoms with Crippen LogP contribution in [0.1, 0.15) is 17.2 Å². The van der Waals surface area contributed by atoms with Crippen molar-refractivity contribution in [1.29, 1.82) is 0 Å². The van der Waals surface area contributed by atoms with Crippen LogP contribution in [0, 0.1) is 0 Å². The van der Waals surface area contributed by atoms with Crippen LogP contribution < -0.4 is 5.73 Å². The Kier molecular flexibility index (Phi) is 4.07. The first-order chi connectivity index (χ1) is 8.56. The smallest absolute Gasteiger partial charge is 0.0832 e. The minimum atomic E-state index is -0.715. The summed E-state index contributed by atoms with van der Waals surface area (Å²) in [6.07, 6.45) is 2.91. The molecule has 0 saturated carbocycles. The van der Waals surface area contributed by atoms with Gasteiger partial charge in [-0.2, -0.15) is 0 Å². The van der Waals surface area contributed by atoms with E-state index in [1.807, 2.05) is 0 Å². The second kappa shape index (κ2) is 5.57. The first-order valence-corrected chi connectivity index (χ1v) is 6.14. The molecule has 0 spiro atoms. The highest BCUT2D eigenvalue weighted by Crippen LogP contribution is 2.26. The summed E-state index contributed by atoms with van der Waals surface area (Å²) in [5.41, 5.74) is 7.87. The van der Waals surface area contributed by atoms with Gasteiger partial charge in [-0.1, -0.05) is 23.2 Å². The summed E-state index contributed by atoms with van der Waals surface area (Å²) in [6.45, 7) is 0. The predicted octanol–water partition coefficient (Wildman–Crippen LogP) is 3.25. The Morgan fingerprint density at radius 3 is 2.50 bits per heavy atom. The van der Waals surface area contributed by atoms with Gasteiger partial charge in [0.2, 0.25) is 0 Å². The highest BCUT2D eigenvalue weighted by molar-refractivity contribution is 6.34. The zero-order chi connectivity index (χ0) is 13.1. The van der Waals surface area contributed by atoms with Crippen molar-refractivity contribution in [2.45, 2.75) is 12.5 Å². The Bertz CT molecular complexity index is 540. The van der Waals surface area contributed by atoms with Crippen molar-refractivity contribution >= 4 is 28.9 Å². The van der Waals surface area contributed by atoms with E-state index in [9.17, 15) is 5.11 Å². The molecule has 1 unspecified atom stereocenters. The van der Waals surface area contributed by atoms with Gasteiger partial charge in [-0.3, -0.25) is 4.98 Å². The molecule has 0 radical (unpaired) electrons. The number of anilines is 1. The molecule has 0 aliphatic rings. The summed E-state index contributed by atoms with van der Waals surface area (Å²) in [5.74, 6) is 0. The molecular weight excluding hydrogens is 271 g/mol. The van der Waals surface area contributed by atoms with E-state index >= 15 is 0 Å². The number of hydrogen-bond acceptors (Lipinski definition) is 3. The van der Waals surface area contributed by atoms with E-state index < -0.39 is 6.10 Å². The third kappa shape index (κ3) is 3.13. The van der Waals surface area contributed by atoms with Gasteiger partial charge in [-0.25, -0.2) is 0 Å². The van der Waals surface area contributed by atoms with Gasteiger partial charge < -0.3 is 10.8 Å². The van der Waals surface area contributed by atoms with Crippen LogP contribution in [-0.4, -0.2) is 10.1 Å². The monoisotopic (exact) mass is 282 g/mol.